The number of hydrogen-bond acceptors (Lipinski definition) is 11. The highest BCUT2D eigenvalue weighted by Crippen LogP contribution is 2.38. The Morgan fingerprint density at radius 3 is 2.38 bits per heavy atom. The smallest absolute Gasteiger partial charge is 0.319 e. The van der Waals surface area contributed by atoms with E-state index in [1.54, 1.807) is 34.1 Å². The molecule has 0 aromatic carbocycles. The Labute approximate surface area is 270 Å². The zero-order chi connectivity index (χ0) is 33.9. The maximum absolute atomic E-state index is 14.2. The lowest BCUT2D eigenvalue weighted by Gasteiger charge is -2.47. The van der Waals surface area contributed by atoms with Gasteiger partial charge < -0.3 is 33.5 Å². The van der Waals surface area contributed by atoms with Crippen LogP contribution in [0.3, 0.4) is 0 Å². The van der Waals surface area contributed by atoms with Crippen LogP contribution in [0.5, 0.6) is 0 Å². The molecule has 0 radical (unpaired) electrons. The van der Waals surface area contributed by atoms with E-state index in [0.29, 0.717) is 32.5 Å². The molecule has 258 valence electrons. The van der Waals surface area contributed by atoms with Crippen molar-refractivity contribution >= 4 is 11.8 Å². The lowest BCUT2D eigenvalue weighted by Crippen LogP contribution is -2.59. The molecule has 45 heavy (non-hydrogen) atoms. The van der Waals surface area contributed by atoms with Crippen LogP contribution in [-0.2, 0) is 42.1 Å². The van der Waals surface area contributed by atoms with Crippen molar-refractivity contribution in [2.45, 2.75) is 103 Å². The molecule has 3 rings (SSSR count). The summed E-state index contributed by atoms with van der Waals surface area (Å²) in [4.78, 5) is 38.6. The number of esters is 1. The van der Waals surface area contributed by atoms with Gasteiger partial charge in [0.05, 0.1) is 30.4 Å². The normalized spacial score (nSPS) is 36.0. The number of imidazole rings is 1. The van der Waals surface area contributed by atoms with Crippen LogP contribution in [0.4, 0.5) is 0 Å². The number of methoxy groups -OCH3 is 1. The van der Waals surface area contributed by atoms with Crippen LogP contribution >= 0.6 is 0 Å². The van der Waals surface area contributed by atoms with E-state index in [2.05, 4.69) is 21.7 Å². The Morgan fingerprint density at radius 1 is 1.13 bits per heavy atom. The fourth-order valence-corrected chi connectivity index (χ4v) is 7.00. The van der Waals surface area contributed by atoms with Crippen molar-refractivity contribution in [3.63, 3.8) is 0 Å². The van der Waals surface area contributed by atoms with E-state index in [9.17, 15) is 14.7 Å². The minimum Gasteiger partial charge on any atom is -0.463 e. The summed E-state index contributed by atoms with van der Waals surface area (Å²) in [6, 6.07) is -0.304. The summed E-state index contributed by atoms with van der Waals surface area (Å²) in [6.45, 7) is 13.1. The maximum Gasteiger partial charge on any atom is 0.319 e. The van der Waals surface area contributed by atoms with E-state index in [4.69, 9.17) is 18.9 Å². The molecule has 1 aromatic heterocycles. The predicted octanol–water partition coefficient (Wildman–Crippen LogP) is 2.18. The first-order valence-electron chi connectivity index (χ1n) is 16.2. The molecule has 9 atom stereocenters. The summed E-state index contributed by atoms with van der Waals surface area (Å²) in [7, 11) is 11.5. The summed E-state index contributed by atoms with van der Waals surface area (Å²) >= 11 is 0. The number of nitrogens with zero attached hydrogens (tertiary/aromatic N) is 5. The Morgan fingerprint density at radius 2 is 1.80 bits per heavy atom. The first-order valence-corrected chi connectivity index (χ1v) is 16.2. The fraction of sp³-hybridized carbons (Fsp3) is 0.848. The van der Waals surface area contributed by atoms with E-state index in [1.807, 2.05) is 64.7 Å². The van der Waals surface area contributed by atoms with Gasteiger partial charge in [-0.25, -0.2) is 4.98 Å². The van der Waals surface area contributed by atoms with Crippen molar-refractivity contribution in [3.05, 3.63) is 18.2 Å². The Balaban J connectivity index is 1.94. The standard InChI is InChI=1S/C33H59N5O7/c1-21-16-33(6,42-12)29(45-30-27(39)25(35(7)8)15-22(2)44-30)23(3)28(40)32(4,5)31(41)43-20-24(38(11)17-21)18-36(9)19-26-34-13-14-37(26)10/h13-14,21-25,27,29-30,39H,15-20H2,1-12H3/t21-,22-,23+,24+,25+,27-,29-,30+,33-/m1/s1. The molecule has 0 amide bonds. The molecule has 1 N–H and O–H groups in total. The second-order valence-corrected chi connectivity index (χ2v) is 14.6. The van der Waals surface area contributed by atoms with Crippen molar-refractivity contribution < 1.29 is 33.6 Å². The summed E-state index contributed by atoms with van der Waals surface area (Å²) in [5.41, 5.74) is -2.38. The summed E-state index contributed by atoms with van der Waals surface area (Å²) in [5.74, 6) is -0.604. The number of likely N-dealkylation sites (N-methyl/N-ethyl adjacent to an activating group) is 3. The number of aromatic nitrogens is 2. The quantitative estimate of drug-likeness (QED) is 0.334. The molecule has 1 aromatic rings. The van der Waals surface area contributed by atoms with Crippen molar-refractivity contribution in [2.75, 3.05) is 55.0 Å². The van der Waals surface area contributed by atoms with Gasteiger partial charge in [-0.05, 0) is 74.6 Å². The maximum atomic E-state index is 14.2. The van der Waals surface area contributed by atoms with Crippen LogP contribution in [0.25, 0.3) is 0 Å². The topological polar surface area (TPSA) is 119 Å². The number of rotatable bonds is 8. The van der Waals surface area contributed by atoms with Gasteiger partial charge in [-0.15, -0.1) is 0 Å². The van der Waals surface area contributed by atoms with Gasteiger partial charge >= 0.3 is 5.97 Å². The van der Waals surface area contributed by atoms with Crippen LogP contribution in [-0.4, -0.2) is 138 Å². The zero-order valence-corrected chi connectivity index (χ0v) is 29.6. The number of ketones is 1. The Kier molecular flexibility index (Phi) is 12.8. The molecule has 2 saturated heterocycles. The van der Waals surface area contributed by atoms with Gasteiger partial charge in [-0.2, -0.15) is 0 Å². The third-order valence-corrected chi connectivity index (χ3v) is 9.86. The van der Waals surface area contributed by atoms with E-state index < -0.39 is 41.4 Å². The van der Waals surface area contributed by atoms with Gasteiger partial charge in [0.1, 0.15) is 24.0 Å². The fourth-order valence-electron chi connectivity index (χ4n) is 7.00. The molecule has 12 nitrogen and oxygen atoms in total. The summed E-state index contributed by atoms with van der Waals surface area (Å²) < 4.78 is 26.9. The van der Waals surface area contributed by atoms with E-state index in [1.165, 1.54) is 0 Å². The number of Topliss-reactive ketones (excluding diaryl/α,β-unsaturated/α-hetero) is 1. The highest BCUT2D eigenvalue weighted by molar-refractivity contribution is 6.04. The number of hydrogen-bond donors (Lipinski definition) is 1. The molecule has 0 unspecified atom stereocenters. The number of cyclic esters (lactones) is 1. The van der Waals surface area contributed by atoms with Crippen LogP contribution in [0.15, 0.2) is 12.4 Å². The SMILES string of the molecule is CO[C@]1(C)C[C@@H](C)CN(C)[C@@H](CN(C)Cc2nccn2C)COC(=O)C(C)(C)C(=O)[C@H](C)[C@H]1O[C@@H]1O[C@H](C)C[C@H](N(C)C)[C@H]1O. The Bertz CT molecular complexity index is 1130. The predicted molar refractivity (Wildman–Crippen MR) is 171 cm³/mol. The number of aliphatic hydroxyl groups excluding tert-OH is 1. The van der Waals surface area contributed by atoms with E-state index in [-0.39, 0.29) is 36.5 Å². The number of carbonyl (C=O) groups excluding carboxylic acids is 2. The van der Waals surface area contributed by atoms with Gasteiger partial charge in [0, 0.05) is 51.6 Å². The number of carbonyl (C=O) groups is 2. The van der Waals surface area contributed by atoms with Gasteiger partial charge in [0.25, 0.3) is 0 Å². The van der Waals surface area contributed by atoms with Crippen molar-refractivity contribution in [2.24, 2.45) is 24.3 Å². The molecule has 0 saturated carbocycles. The van der Waals surface area contributed by atoms with Crippen molar-refractivity contribution in [1.29, 1.82) is 0 Å². The Hall–Kier alpha value is -1.93. The number of aliphatic hydroxyl groups is 1. The molecule has 2 fully saturated rings. The monoisotopic (exact) mass is 637 g/mol. The van der Waals surface area contributed by atoms with Crippen molar-refractivity contribution in [1.82, 2.24) is 24.3 Å². The van der Waals surface area contributed by atoms with Gasteiger partial charge in [-0.3, -0.25) is 19.4 Å². The average Bonchev–Trinajstić information content (AvgIpc) is 3.36. The third-order valence-electron chi connectivity index (χ3n) is 9.86. The molecule has 0 aliphatic carbocycles. The van der Waals surface area contributed by atoms with Gasteiger partial charge in [0.2, 0.25) is 0 Å². The van der Waals surface area contributed by atoms with Gasteiger partial charge in [-0.1, -0.05) is 13.8 Å². The molecular formula is C33H59N5O7. The van der Waals surface area contributed by atoms with Gasteiger partial charge in [0.15, 0.2) is 12.1 Å². The van der Waals surface area contributed by atoms with Crippen LogP contribution in [0.2, 0.25) is 0 Å². The van der Waals surface area contributed by atoms with Crippen LogP contribution in [0.1, 0.15) is 60.2 Å². The van der Waals surface area contributed by atoms with Crippen molar-refractivity contribution in [3.8, 4) is 0 Å². The minimum absolute atomic E-state index is 0.116. The van der Waals surface area contributed by atoms with E-state index >= 15 is 0 Å². The number of ether oxygens (including phenoxy) is 4. The molecular weight excluding hydrogens is 578 g/mol. The average molecular weight is 638 g/mol. The zero-order valence-electron chi connectivity index (χ0n) is 29.6. The second-order valence-electron chi connectivity index (χ2n) is 14.6. The third kappa shape index (κ3) is 8.91. The van der Waals surface area contributed by atoms with Crippen LogP contribution in [0, 0.1) is 17.3 Å². The first-order chi connectivity index (χ1) is 20.9. The lowest BCUT2D eigenvalue weighted by atomic mass is 9.74. The lowest BCUT2D eigenvalue weighted by molar-refractivity contribution is -0.295. The largest absolute Gasteiger partial charge is 0.463 e. The molecule has 0 spiro atoms. The first kappa shape index (κ1) is 37.5. The summed E-state index contributed by atoms with van der Waals surface area (Å²) in [6.07, 6.45) is 2.03. The number of aryl methyl sites for hydroxylation is 1. The molecule has 12 heteroatoms. The van der Waals surface area contributed by atoms with E-state index in [0.717, 1.165) is 5.82 Å². The molecule has 2 aliphatic heterocycles. The molecule has 0 bridgehead atoms. The second kappa shape index (κ2) is 15.3. The molecule has 3 heterocycles. The highest BCUT2D eigenvalue weighted by atomic mass is 16.7. The highest BCUT2D eigenvalue weighted by Gasteiger charge is 2.51. The summed E-state index contributed by atoms with van der Waals surface area (Å²) in [5, 5.41) is 11.3. The van der Waals surface area contributed by atoms with Crippen LogP contribution < -0.4 is 0 Å². The molecule has 2 aliphatic rings. The minimum atomic E-state index is -1.44.